The molecule has 2 heterocycles. The molecule has 18 heavy (non-hydrogen) atoms. The van der Waals surface area contributed by atoms with Crippen molar-refractivity contribution in [2.75, 3.05) is 17.7 Å². The highest BCUT2D eigenvalue weighted by molar-refractivity contribution is 7.09. The van der Waals surface area contributed by atoms with Crippen molar-refractivity contribution >= 4 is 23.0 Å². The first-order valence-corrected chi connectivity index (χ1v) is 6.86. The monoisotopic (exact) mass is 263 g/mol. The molecule has 0 radical (unpaired) electrons. The molecular formula is C12H17N5S. The molecule has 0 fully saturated rings. The Kier molecular flexibility index (Phi) is 4.46. The second-order valence-electron chi connectivity index (χ2n) is 3.87. The van der Waals surface area contributed by atoms with Crippen LogP contribution in [0.3, 0.4) is 0 Å². The molecule has 2 aromatic rings. The van der Waals surface area contributed by atoms with Crippen molar-refractivity contribution in [3.05, 3.63) is 28.5 Å². The summed E-state index contributed by atoms with van der Waals surface area (Å²) >= 11 is 1.64. The van der Waals surface area contributed by atoms with Crippen LogP contribution in [0.4, 0.5) is 11.6 Å². The van der Waals surface area contributed by atoms with Crippen molar-refractivity contribution in [1.82, 2.24) is 15.0 Å². The van der Waals surface area contributed by atoms with Gasteiger partial charge in [-0.05, 0) is 6.42 Å². The van der Waals surface area contributed by atoms with Crippen molar-refractivity contribution in [3.8, 4) is 0 Å². The van der Waals surface area contributed by atoms with Crippen LogP contribution >= 0.6 is 11.3 Å². The predicted octanol–water partition coefficient (Wildman–Crippen LogP) is 2.54. The number of rotatable bonds is 6. The number of nitrogens with one attached hydrogen (secondary N) is 2. The second-order valence-corrected chi connectivity index (χ2v) is 4.84. The first-order chi connectivity index (χ1) is 8.85. The third kappa shape index (κ3) is 2.95. The molecule has 0 aliphatic heterocycles. The molecule has 0 aliphatic carbocycles. The summed E-state index contributed by atoms with van der Waals surface area (Å²) in [4.78, 5) is 13.8. The van der Waals surface area contributed by atoms with Crippen molar-refractivity contribution in [1.29, 1.82) is 0 Å². The molecule has 0 aliphatic rings. The Morgan fingerprint density at radius 1 is 1.28 bits per heavy atom. The highest BCUT2D eigenvalue weighted by Crippen LogP contribution is 2.22. The van der Waals surface area contributed by atoms with Crippen molar-refractivity contribution in [2.45, 2.75) is 26.3 Å². The summed E-state index contributed by atoms with van der Waals surface area (Å²) in [6.45, 7) is 2.90. The zero-order chi connectivity index (χ0) is 12.8. The topological polar surface area (TPSA) is 62.7 Å². The maximum Gasteiger partial charge on any atom is 0.135 e. The van der Waals surface area contributed by atoms with Gasteiger partial charge in [-0.1, -0.05) is 13.3 Å². The van der Waals surface area contributed by atoms with Crippen molar-refractivity contribution < 1.29 is 0 Å². The number of hydrogen-bond acceptors (Lipinski definition) is 6. The van der Waals surface area contributed by atoms with Crippen LogP contribution in [0.25, 0.3) is 0 Å². The fourth-order valence-corrected chi connectivity index (χ4v) is 2.30. The SMILES string of the molecule is CCCc1c(NC)ncnc1NCc1cncs1. The summed E-state index contributed by atoms with van der Waals surface area (Å²) in [5, 5.41) is 6.47. The fourth-order valence-electron chi connectivity index (χ4n) is 1.77. The van der Waals surface area contributed by atoms with Gasteiger partial charge in [0.15, 0.2) is 0 Å². The highest BCUT2D eigenvalue weighted by atomic mass is 32.1. The van der Waals surface area contributed by atoms with E-state index in [9.17, 15) is 0 Å². The highest BCUT2D eigenvalue weighted by Gasteiger charge is 2.09. The molecule has 2 N–H and O–H groups in total. The van der Waals surface area contributed by atoms with Crippen LogP contribution in [0.15, 0.2) is 18.0 Å². The van der Waals surface area contributed by atoms with Crippen LogP contribution < -0.4 is 10.6 Å². The Morgan fingerprint density at radius 3 is 2.78 bits per heavy atom. The van der Waals surface area contributed by atoms with Crippen LogP contribution in [0, 0.1) is 0 Å². The lowest BCUT2D eigenvalue weighted by Crippen LogP contribution is -2.08. The number of thiazole rings is 1. The van der Waals surface area contributed by atoms with Gasteiger partial charge in [0.2, 0.25) is 0 Å². The molecule has 0 saturated heterocycles. The Labute approximate surface area is 111 Å². The molecule has 0 saturated carbocycles. The standard InChI is InChI=1S/C12H17N5S/c1-3-4-10-11(13-2)16-7-17-12(10)15-6-9-5-14-8-18-9/h5,7-8H,3-4,6H2,1-2H3,(H2,13,15,16,17). The van der Waals surface area contributed by atoms with E-state index in [2.05, 4.69) is 32.5 Å². The van der Waals surface area contributed by atoms with Gasteiger partial charge < -0.3 is 10.6 Å². The van der Waals surface area contributed by atoms with Gasteiger partial charge in [-0.15, -0.1) is 11.3 Å². The molecular weight excluding hydrogens is 246 g/mol. The molecule has 0 unspecified atom stereocenters. The minimum atomic E-state index is 0.752. The van der Waals surface area contributed by atoms with Crippen LogP contribution in [0.2, 0.25) is 0 Å². The molecule has 0 spiro atoms. The Morgan fingerprint density at radius 2 is 2.11 bits per heavy atom. The van der Waals surface area contributed by atoms with Crippen LogP contribution in [0.1, 0.15) is 23.8 Å². The smallest absolute Gasteiger partial charge is 0.135 e. The van der Waals surface area contributed by atoms with Gasteiger partial charge in [0.1, 0.15) is 18.0 Å². The van der Waals surface area contributed by atoms with Gasteiger partial charge >= 0.3 is 0 Å². The van der Waals surface area contributed by atoms with E-state index < -0.39 is 0 Å². The zero-order valence-electron chi connectivity index (χ0n) is 10.6. The zero-order valence-corrected chi connectivity index (χ0v) is 11.4. The van der Waals surface area contributed by atoms with Crippen LogP contribution in [-0.4, -0.2) is 22.0 Å². The summed E-state index contributed by atoms with van der Waals surface area (Å²) in [6.07, 6.45) is 5.48. The molecule has 0 bridgehead atoms. The second kappa shape index (κ2) is 6.30. The number of anilines is 2. The number of nitrogens with zero attached hydrogens (tertiary/aromatic N) is 3. The summed E-state index contributed by atoms with van der Waals surface area (Å²) in [7, 11) is 1.88. The van der Waals surface area contributed by atoms with E-state index in [1.165, 1.54) is 4.88 Å². The molecule has 0 aromatic carbocycles. The van der Waals surface area contributed by atoms with Crippen molar-refractivity contribution in [2.24, 2.45) is 0 Å². The van der Waals surface area contributed by atoms with E-state index in [1.54, 1.807) is 17.7 Å². The van der Waals surface area contributed by atoms with Gasteiger partial charge in [-0.2, -0.15) is 0 Å². The maximum absolute atomic E-state index is 4.33. The predicted molar refractivity (Wildman–Crippen MR) is 75.0 cm³/mol. The van der Waals surface area contributed by atoms with E-state index in [1.807, 2.05) is 18.8 Å². The van der Waals surface area contributed by atoms with Gasteiger partial charge in [-0.3, -0.25) is 4.98 Å². The first kappa shape index (κ1) is 12.8. The van der Waals surface area contributed by atoms with E-state index in [-0.39, 0.29) is 0 Å². The van der Waals surface area contributed by atoms with Crippen LogP contribution in [-0.2, 0) is 13.0 Å². The van der Waals surface area contributed by atoms with E-state index in [0.29, 0.717) is 0 Å². The largest absolute Gasteiger partial charge is 0.373 e. The fraction of sp³-hybridized carbons (Fsp3) is 0.417. The Balaban J connectivity index is 2.15. The summed E-state index contributed by atoms with van der Waals surface area (Å²) < 4.78 is 0. The van der Waals surface area contributed by atoms with Crippen molar-refractivity contribution in [3.63, 3.8) is 0 Å². The van der Waals surface area contributed by atoms with Gasteiger partial charge in [-0.25, -0.2) is 9.97 Å². The lowest BCUT2D eigenvalue weighted by molar-refractivity contribution is 0.899. The van der Waals surface area contributed by atoms with Gasteiger partial charge in [0, 0.05) is 23.7 Å². The van der Waals surface area contributed by atoms with Gasteiger partial charge in [0.25, 0.3) is 0 Å². The molecule has 0 amide bonds. The lowest BCUT2D eigenvalue weighted by Gasteiger charge is -2.12. The third-order valence-corrected chi connectivity index (χ3v) is 3.38. The summed E-state index contributed by atoms with van der Waals surface area (Å²) in [5.74, 6) is 1.81. The minimum Gasteiger partial charge on any atom is -0.373 e. The number of aromatic nitrogens is 3. The van der Waals surface area contributed by atoms with Crippen LogP contribution in [0.5, 0.6) is 0 Å². The normalized spacial score (nSPS) is 10.3. The maximum atomic E-state index is 4.33. The third-order valence-electron chi connectivity index (χ3n) is 2.60. The van der Waals surface area contributed by atoms with E-state index >= 15 is 0 Å². The average molecular weight is 263 g/mol. The van der Waals surface area contributed by atoms with E-state index in [4.69, 9.17) is 0 Å². The number of hydrogen-bond donors (Lipinski definition) is 2. The Bertz CT molecular complexity index is 483. The quantitative estimate of drug-likeness (QED) is 0.838. The Hall–Kier alpha value is -1.69. The molecule has 0 atom stereocenters. The van der Waals surface area contributed by atoms with E-state index in [0.717, 1.165) is 36.6 Å². The summed E-state index contributed by atoms with van der Waals surface area (Å²) in [5.41, 5.74) is 2.98. The lowest BCUT2D eigenvalue weighted by atomic mass is 10.1. The van der Waals surface area contributed by atoms with Gasteiger partial charge in [0.05, 0.1) is 12.1 Å². The first-order valence-electron chi connectivity index (χ1n) is 5.98. The molecule has 96 valence electrons. The molecule has 2 rings (SSSR count). The molecule has 6 heteroatoms. The molecule has 2 aromatic heterocycles. The average Bonchev–Trinajstić information content (AvgIpc) is 2.91. The summed E-state index contributed by atoms with van der Waals surface area (Å²) in [6, 6.07) is 0. The molecule has 5 nitrogen and oxygen atoms in total. The minimum absolute atomic E-state index is 0.752.